The highest BCUT2D eigenvalue weighted by Crippen LogP contribution is 2.13. The van der Waals surface area contributed by atoms with Gasteiger partial charge in [0.15, 0.2) is 6.10 Å². The Bertz CT molecular complexity index is 385. The second kappa shape index (κ2) is 5.16. The second-order valence-electron chi connectivity index (χ2n) is 3.17. The summed E-state index contributed by atoms with van der Waals surface area (Å²) in [5.41, 5.74) is 5.47. The van der Waals surface area contributed by atoms with Gasteiger partial charge in [-0.1, -0.05) is 0 Å². The number of carbonyl (C=O) groups is 2. The fourth-order valence-corrected chi connectivity index (χ4v) is 1.12. The van der Waals surface area contributed by atoms with Crippen LogP contribution in [-0.4, -0.2) is 25.1 Å². The van der Waals surface area contributed by atoms with Crippen LogP contribution in [0.5, 0.6) is 5.75 Å². The van der Waals surface area contributed by atoms with Gasteiger partial charge in [-0.25, -0.2) is 4.79 Å². The summed E-state index contributed by atoms with van der Waals surface area (Å²) in [5, 5.41) is 0. The largest absolute Gasteiger partial charge is 0.479 e. The summed E-state index contributed by atoms with van der Waals surface area (Å²) in [6, 6.07) is 6.20. The molecule has 0 radical (unpaired) electrons. The van der Waals surface area contributed by atoms with E-state index in [9.17, 15) is 9.59 Å². The van der Waals surface area contributed by atoms with E-state index in [-0.39, 0.29) is 0 Å². The number of primary amides is 1. The standard InChI is InChI=1S/C11H13NO4/c1-7(11(14)15-2)16-9-5-3-8(4-6-9)10(12)13/h3-7H,1-2H3,(H2,12,13)/t7-/m0/s1. The maximum Gasteiger partial charge on any atom is 0.346 e. The number of esters is 1. The van der Waals surface area contributed by atoms with Gasteiger partial charge in [0, 0.05) is 5.56 Å². The summed E-state index contributed by atoms with van der Waals surface area (Å²) in [5.74, 6) is -0.491. The van der Waals surface area contributed by atoms with E-state index in [4.69, 9.17) is 10.5 Å². The topological polar surface area (TPSA) is 78.6 Å². The van der Waals surface area contributed by atoms with Crippen molar-refractivity contribution >= 4 is 11.9 Å². The molecule has 0 heterocycles. The predicted molar refractivity (Wildman–Crippen MR) is 57.1 cm³/mol. The minimum Gasteiger partial charge on any atom is -0.479 e. The van der Waals surface area contributed by atoms with E-state index in [0.717, 1.165) is 0 Å². The number of benzene rings is 1. The Kier molecular flexibility index (Phi) is 3.88. The second-order valence-corrected chi connectivity index (χ2v) is 3.17. The van der Waals surface area contributed by atoms with Crippen LogP contribution >= 0.6 is 0 Å². The van der Waals surface area contributed by atoms with Crippen molar-refractivity contribution in [1.82, 2.24) is 0 Å². The van der Waals surface area contributed by atoms with Crippen LogP contribution in [0.1, 0.15) is 17.3 Å². The first-order valence-corrected chi connectivity index (χ1v) is 4.69. The van der Waals surface area contributed by atoms with Crippen LogP contribution in [0.4, 0.5) is 0 Å². The molecule has 0 aromatic heterocycles. The third kappa shape index (κ3) is 2.98. The van der Waals surface area contributed by atoms with Crippen molar-refractivity contribution in [3.05, 3.63) is 29.8 Å². The zero-order chi connectivity index (χ0) is 12.1. The molecule has 0 spiro atoms. The van der Waals surface area contributed by atoms with Crippen molar-refractivity contribution in [1.29, 1.82) is 0 Å². The average molecular weight is 223 g/mol. The molecule has 5 heteroatoms. The van der Waals surface area contributed by atoms with E-state index >= 15 is 0 Å². The Hall–Kier alpha value is -2.04. The molecule has 1 rings (SSSR count). The third-order valence-electron chi connectivity index (χ3n) is 1.98. The third-order valence-corrected chi connectivity index (χ3v) is 1.98. The maximum atomic E-state index is 11.1. The summed E-state index contributed by atoms with van der Waals surface area (Å²) in [6.45, 7) is 1.58. The zero-order valence-electron chi connectivity index (χ0n) is 9.10. The number of amides is 1. The Morgan fingerprint density at radius 2 is 1.81 bits per heavy atom. The van der Waals surface area contributed by atoms with Crippen molar-refractivity contribution < 1.29 is 19.1 Å². The van der Waals surface area contributed by atoms with Crippen molar-refractivity contribution in [3.63, 3.8) is 0 Å². The van der Waals surface area contributed by atoms with Crippen LogP contribution in [0.2, 0.25) is 0 Å². The van der Waals surface area contributed by atoms with Gasteiger partial charge in [-0.05, 0) is 31.2 Å². The maximum absolute atomic E-state index is 11.1. The highest BCUT2D eigenvalue weighted by molar-refractivity contribution is 5.92. The van der Waals surface area contributed by atoms with Gasteiger partial charge in [-0.15, -0.1) is 0 Å². The summed E-state index contributed by atoms with van der Waals surface area (Å²) >= 11 is 0. The van der Waals surface area contributed by atoms with Crippen LogP contribution in [0, 0.1) is 0 Å². The smallest absolute Gasteiger partial charge is 0.346 e. The lowest BCUT2D eigenvalue weighted by molar-refractivity contribution is -0.147. The van der Waals surface area contributed by atoms with Gasteiger partial charge in [0.25, 0.3) is 0 Å². The molecule has 1 aromatic carbocycles. The van der Waals surface area contributed by atoms with Crippen LogP contribution in [0.25, 0.3) is 0 Å². The van der Waals surface area contributed by atoms with Crippen molar-refractivity contribution in [2.45, 2.75) is 13.0 Å². The monoisotopic (exact) mass is 223 g/mol. The average Bonchev–Trinajstić information content (AvgIpc) is 2.28. The van der Waals surface area contributed by atoms with Gasteiger partial charge in [0.2, 0.25) is 5.91 Å². The van der Waals surface area contributed by atoms with E-state index in [1.807, 2.05) is 0 Å². The normalized spacial score (nSPS) is 11.6. The molecule has 1 aromatic rings. The first-order chi connectivity index (χ1) is 7.54. The fourth-order valence-electron chi connectivity index (χ4n) is 1.12. The number of rotatable bonds is 4. The predicted octanol–water partition coefficient (Wildman–Crippen LogP) is 0.726. The molecule has 1 amide bonds. The molecule has 0 saturated heterocycles. The number of hydrogen-bond acceptors (Lipinski definition) is 4. The molecular weight excluding hydrogens is 210 g/mol. The lowest BCUT2D eigenvalue weighted by Crippen LogP contribution is -2.24. The SMILES string of the molecule is COC(=O)[C@H](C)Oc1ccc(C(N)=O)cc1. The van der Waals surface area contributed by atoms with E-state index in [1.54, 1.807) is 19.1 Å². The Morgan fingerprint density at radius 3 is 2.25 bits per heavy atom. The summed E-state index contributed by atoms with van der Waals surface area (Å²) in [4.78, 5) is 21.9. The van der Waals surface area contributed by atoms with Crippen LogP contribution in [-0.2, 0) is 9.53 Å². The molecule has 0 unspecified atom stereocenters. The molecule has 0 aliphatic carbocycles. The van der Waals surface area contributed by atoms with Crippen LogP contribution < -0.4 is 10.5 Å². The fraction of sp³-hybridized carbons (Fsp3) is 0.273. The molecule has 0 aliphatic rings. The number of hydrogen-bond donors (Lipinski definition) is 1. The van der Waals surface area contributed by atoms with Gasteiger partial charge in [-0.2, -0.15) is 0 Å². The van der Waals surface area contributed by atoms with Gasteiger partial charge in [0.05, 0.1) is 7.11 Å². The number of nitrogens with two attached hydrogens (primary N) is 1. The van der Waals surface area contributed by atoms with Gasteiger partial charge in [0.1, 0.15) is 5.75 Å². The van der Waals surface area contributed by atoms with Crippen molar-refractivity contribution in [3.8, 4) is 5.75 Å². The van der Waals surface area contributed by atoms with E-state index in [2.05, 4.69) is 4.74 Å². The molecule has 0 bridgehead atoms. The minimum atomic E-state index is -0.690. The van der Waals surface area contributed by atoms with Crippen molar-refractivity contribution in [2.75, 3.05) is 7.11 Å². The first kappa shape index (κ1) is 12.0. The molecule has 0 saturated carbocycles. The Balaban J connectivity index is 2.68. The van der Waals surface area contributed by atoms with Crippen molar-refractivity contribution in [2.24, 2.45) is 5.73 Å². The van der Waals surface area contributed by atoms with Crippen LogP contribution in [0.3, 0.4) is 0 Å². The van der Waals surface area contributed by atoms with Gasteiger partial charge in [-0.3, -0.25) is 4.79 Å². The first-order valence-electron chi connectivity index (χ1n) is 4.69. The number of methoxy groups -OCH3 is 1. The Morgan fingerprint density at radius 1 is 1.25 bits per heavy atom. The van der Waals surface area contributed by atoms with Gasteiger partial charge >= 0.3 is 5.97 Å². The van der Waals surface area contributed by atoms with E-state index < -0.39 is 18.0 Å². The summed E-state index contributed by atoms with van der Waals surface area (Å²) in [6.07, 6.45) is -0.690. The quantitative estimate of drug-likeness (QED) is 0.763. The Labute approximate surface area is 93.1 Å². The van der Waals surface area contributed by atoms with Gasteiger partial charge < -0.3 is 15.2 Å². The lowest BCUT2D eigenvalue weighted by Gasteiger charge is -2.12. The van der Waals surface area contributed by atoms with E-state index in [0.29, 0.717) is 11.3 Å². The number of ether oxygens (including phenoxy) is 2. The highest BCUT2D eigenvalue weighted by Gasteiger charge is 2.14. The molecule has 16 heavy (non-hydrogen) atoms. The lowest BCUT2D eigenvalue weighted by atomic mass is 10.2. The highest BCUT2D eigenvalue weighted by atomic mass is 16.6. The number of carbonyl (C=O) groups excluding carboxylic acids is 2. The van der Waals surface area contributed by atoms with Crippen LogP contribution in [0.15, 0.2) is 24.3 Å². The molecule has 0 aliphatic heterocycles. The van der Waals surface area contributed by atoms with E-state index in [1.165, 1.54) is 19.2 Å². The molecule has 1 atom stereocenters. The molecular formula is C11H13NO4. The summed E-state index contributed by atoms with van der Waals surface area (Å²) < 4.78 is 9.78. The molecule has 86 valence electrons. The molecule has 5 nitrogen and oxygen atoms in total. The zero-order valence-corrected chi connectivity index (χ0v) is 9.10. The summed E-state index contributed by atoms with van der Waals surface area (Å²) in [7, 11) is 1.29. The molecule has 0 fully saturated rings. The minimum absolute atomic E-state index is 0.387. The molecule has 2 N–H and O–H groups in total.